The fourth-order valence-corrected chi connectivity index (χ4v) is 2.31. The number of ether oxygens (including phenoxy) is 1. The van der Waals surface area contributed by atoms with Crippen molar-refractivity contribution >= 4 is 11.8 Å². The van der Waals surface area contributed by atoms with Crippen molar-refractivity contribution in [3.8, 4) is 5.75 Å². The second-order valence-electron chi connectivity index (χ2n) is 5.36. The van der Waals surface area contributed by atoms with Crippen LogP contribution in [0.5, 0.6) is 5.75 Å². The highest BCUT2D eigenvalue weighted by Crippen LogP contribution is 2.23. The highest BCUT2D eigenvalue weighted by Gasteiger charge is 2.31. The SMILES string of the molecule is CN(CC(=O)N1CCNCC1)C(=O)c1ccc(OC(F)(F)F)cc1. The van der Waals surface area contributed by atoms with E-state index in [0.717, 1.165) is 12.1 Å². The first-order chi connectivity index (χ1) is 11.3. The van der Waals surface area contributed by atoms with Crippen LogP contribution in [0.4, 0.5) is 13.2 Å². The summed E-state index contributed by atoms with van der Waals surface area (Å²) in [4.78, 5) is 27.3. The summed E-state index contributed by atoms with van der Waals surface area (Å²) in [5.41, 5.74) is 0.181. The number of alkyl halides is 3. The Balaban J connectivity index is 1.93. The van der Waals surface area contributed by atoms with Crippen molar-refractivity contribution in [3.63, 3.8) is 0 Å². The number of halogens is 3. The van der Waals surface area contributed by atoms with Gasteiger partial charge in [-0.05, 0) is 24.3 Å². The molecule has 0 bridgehead atoms. The molecule has 1 aromatic carbocycles. The predicted molar refractivity (Wildman–Crippen MR) is 79.5 cm³/mol. The van der Waals surface area contributed by atoms with Crippen molar-refractivity contribution in [2.45, 2.75) is 6.36 Å². The Bertz CT molecular complexity index is 584. The maximum Gasteiger partial charge on any atom is 0.573 e. The smallest absolute Gasteiger partial charge is 0.406 e. The largest absolute Gasteiger partial charge is 0.573 e. The Morgan fingerprint density at radius 2 is 1.79 bits per heavy atom. The van der Waals surface area contributed by atoms with Gasteiger partial charge in [0, 0.05) is 38.8 Å². The zero-order valence-corrected chi connectivity index (χ0v) is 13.1. The fraction of sp³-hybridized carbons (Fsp3) is 0.467. The highest BCUT2D eigenvalue weighted by atomic mass is 19.4. The standard InChI is InChI=1S/C15H18F3N3O3/c1-20(10-13(22)21-8-6-19-7-9-21)14(23)11-2-4-12(5-3-11)24-15(16,17)18/h2-5,19H,6-10H2,1H3. The summed E-state index contributed by atoms with van der Waals surface area (Å²) in [5, 5.41) is 3.13. The summed E-state index contributed by atoms with van der Waals surface area (Å²) in [6.45, 7) is 2.52. The van der Waals surface area contributed by atoms with Crippen molar-refractivity contribution in [1.82, 2.24) is 15.1 Å². The summed E-state index contributed by atoms with van der Waals surface area (Å²) < 4.78 is 40.1. The van der Waals surface area contributed by atoms with E-state index in [1.165, 1.54) is 24.1 Å². The molecule has 2 rings (SSSR count). The number of piperazine rings is 1. The van der Waals surface area contributed by atoms with Crippen molar-refractivity contribution in [3.05, 3.63) is 29.8 Å². The van der Waals surface area contributed by atoms with Crippen LogP contribution in [0.2, 0.25) is 0 Å². The first-order valence-electron chi connectivity index (χ1n) is 7.36. The minimum atomic E-state index is -4.78. The molecule has 1 saturated heterocycles. The van der Waals surface area contributed by atoms with Gasteiger partial charge in [-0.15, -0.1) is 13.2 Å². The Kier molecular flexibility index (Phi) is 5.66. The third-order valence-corrected chi connectivity index (χ3v) is 3.52. The minimum Gasteiger partial charge on any atom is -0.406 e. The van der Waals surface area contributed by atoms with Crippen LogP contribution in [0.1, 0.15) is 10.4 Å². The van der Waals surface area contributed by atoms with E-state index < -0.39 is 18.0 Å². The first-order valence-corrected chi connectivity index (χ1v) is 7.36. The molecule has 1 aliphatic heterocycles. The second kappa shape index (κ2) is 7.52. The third kappa shape index (κ3) is 5.12. The summed E-state index contributed by atoms with van der Waals surface area (Å²) in [5.74, 6) is -1.01. The molecule has 1 fully saturated rings. The molecule has 9 heteroatoms. The molecule has 0 radical (unpaired) electrons. The van der Waals surface area contributed by atoms with Gasteiger partial charge in [0.25, 0.3) is 5.91 Å². The Morgan fingerprint density at radius 3 is 2.33 bits per heavy atom. The maximum absolute atomic E-state index is 12.2. The van der Waals surface area contributed by atoms with E-state index in [1.54, 1.807) is 4.90 Å². The van der Waals surface area contributed by atoms with Gasteiger partial charge in [0.05, 0.1) is 6.54 Å². The zero-order chi connectivity index (χ0) is 17.7. The number of carbonyl (C=O) groups excluding carboxylic acids is 2. The number of benzene rings is 1. The molecule has 0 spiro atoms. The molecule has 0 atom stereocenters. The molecule has 0 aromatic heterocycles. The molecule has 1 aromatic rings. The van der Waals surface area contributed by atoms with Crippen molar-refractivity contribution in [2.75, 3.05) is 39.8 Å². The fourth-order valence-electron chi connectivity index (χ4n) is 2.31. The van der Waals surface area contributed by atoms with E-state index in [0.29, 0.717) is 26.2 Å². The lowest BCUT2D eigenvalue weighted by Gasteiger charge is -2.29. The molecule has 132 valence electrons. The van der Waals surface area contributed by atoms with Gasteiger partial charge >= 0.3 is 6.36 Å². The quantitative estimate of drug-likeness (QED) is 0.887. The van der Waals surface area contributed by atoms with Gasteiger partial charge in [-0.3, -0.25) is 9.59 Å². The number of nitrogens with zero attached hydrogens (tertiary/aromatic N) is 2. The molecule has 1 heterocycles. The van der Waals surface area contributed by atoms with E-state index in [2.05, 4.69) is 10.1 Å². The van der Waals surface area contributed by atoms with E-state index >= 15 is 0 Å². The van der Waals surface area contributed by atoms with Crippen LogP contribution in [-0.2, 0) is 4.79 Å². The van der Waals surface area contributed by atoms with E-state index in [1.807, 2.05) is 0 Å². The molecular weight excluding hydrogens is 327 g/mol. The molecule has 0 aliphatic carbocycles. The number of hydrogen-bond acceptors (Lipinski definition) is 4. The van der Waals surface area contributed by atoms with Gasteiger partial charge in [-0.2, -0.15) is 0 Å². The van der Waals surface area contributed by atoms with Crippen LogP contribution >= 0.6 is 0 Å². The predicted octanol–water partition coefficient (Wildman–Crippen LogP) is 1.09. The monoisotopic (exact) mass is 345 g/mol. The molecule has 6 nitrogen and oxygen atoms in total. The maximum atomic E-state index is 12.2. The van der Waals surface area contributed by atoms with Crippen molar-refractivity contribution in [1.29, 1.82) is 0 Å². The van der Waals surface area contributed by atoms with Crippen LogP contribution in [0.25, 0.3) is 0 Å². The molecular formula is C15H18F3N3O3. The summed E-state index contributed by atoms with van der Waals surface area (Å²) in [6.07, 6.45) is -4.78. The number of likely N-dealkylation sites (N-methyl/N-ethyl adjacent to an activating group) is 1. The molecule has 2 amide bonds. The van der Waals surface area contributed by atoms with Crippen LogP contribution < -0.4 is 10.1 Å². The van der Waals surface area contributed by atoms with Crippen LogP contribution in [0, 0.1) is 0 Å². The minimum absolute atomic E-state index is 0.0837. The lowest BCUT2D eigenvalue weighted by molar-refractivity contribution is -0.274. The normalized spacial score (nSPS) is 15.1. The Morgan fingerprint density at radius 1 is 1.21 bits per heavy atom. The van der Waals surface area contributed by atoms with E-state index in [9.17, 15) is 22.8 Å². The summed E-state index contributed by atoms with van der Waals surface area (Å²) >= 11 is 0. The van der Waals surface area contributed by atoms with Gasteiger partial charge in [-0.25, -0.2) is 0 Å². The molecule has 1 N–H and O–H groups in total. The summed E-state index contributed by atoms with van der Waals surface area (Å²) in [7, 11) is 1.47. The lowest BCUT2D eigenvalue weighted by atomic mass is 10.2. The molecule has 0 unspecified atom stereocenters. The molecule has 24 heavy (non-hydrogen) atoms. The van der Waals surface area contributed by atoms with Gasteiger partial charge < -0.3 is 19.9 Å². The molecule has 1 aliphatic rings. The lowest BCUT2D eigenvalue weighted by Crippen LogP contribution is -2.49. The van der Waals surface area contributed by atoms with E-state index in [-0.39, 0.29) is 18.0 Å². The number of hydrogen-bond donors (Lipinski definition) is 1. The number of carbonyl (C=O) groups is 2. The van der Waals surface area contributed by atoms with Crippen molar-refractivity contribution < 1.29 is 27.5 Å². The molecule has 0 saturated carbocycles. The van der Waals surface area contributed by atoms with Gasteiger partial charge in [0.2, 0.25) is 5.91 Å². The first kappa shape index (κ1) is 18.1. The number of amides is 2. The van der Waals surface area contributed by atoms with Crippen LogP contribution in [0.15, 0.2) is 24.3 Å². The van der Waals surface area contributed by atoms with Gasteiger partial charge in [-0.1, -0.05) is 0 Å². The topological polar surface area (TPSA) is 61.9 Å². The van der Waals surface area contributed by atoms with Crippen LogP contribution in [0.3, 0.4) is 0 Å². The summed E-state index contributed by atoms with van der Waals surface area (Å²) in [6, 6.07) is 4.59. The van der Waals surface area contributed by atoms with Crippen LogP contribution in [-0.4, -0.2) is 67.7 Å². The van der Waals surface area contributed by atoms with Gasteiger partial charge in [0.15, 0.2) is 0 Å². The average Bonchev–Trinajstić information content (AvgIpc) is 2.54. The van der Waals surface area contributed by atoms with E-state index in [4.69, 9.17) is 0 Å². The third-order valence-electron chi connectivity index (χ3n) is 3.52. The highest BCUT2D eigenvalue weighted by molar-refractivity contribution is 5.96. The Labute approximate surface area is 137 Å². The van der Waals surface area contributed by atoms with Gasteiger partial charge in [0.1, 0.15) is 5.75 Å². The Hall–Kier alpha value is -2.29. The second-order valence-corrected chi connectivity index (χ2v) is 5.36. The average molecular weight is 345 g/mol. The van der Waals surface area contributed by atoms with Crippen molar-refractivity contribution in [2.24, 2.45) is 0 Å². The number of rotatable bonds is 4. The number of nitrogens with one attached hydrogen (secondary N) is 1. The zero-order valence-electron chi connectivity index (χ0n) is 13.1.